The van der Waals surface area contributed by atoms with Gasteiger partial charge in [0.2, 0.25) is 0 Å². The number of carbonyl (C=O) groups excluding carboxylic acids is 2. The van der Waals surface area contributed by atoms with Crippen molar-refractivity contribution in [1.82, 2.24) is 0 Å². The Labute approximate surface area is 167 Å². The maximum Gasteiger partial charge on any atom is 0.264 e. The summed E-state index contributed by atoms with van der Waals surface area (Å²) in [4.78, 5) is 24.4. The van der Waals surface area contributed by atoms with Gasteiger partial charge in [-0.1, -0.05) is 25.5 Å². The van der Waals surface area contributed by atoms with Gasteiger partial charge in [-0.05, 0) is 68.9 Å². The summed E-state index contributed by atoms with van der Waals surface area (Å²) in [6, 6.07) is 0. The minimum absolute atomic E-state index is 0.0352. The van der Waals surface area contributed by atoms with Crippen LogP contribution >= 0.6 is 0 Å². The molecule has 0 aliphatic heterocycles. The zero-order valence-corrected chi connectivity index (χ0v) is 17.9. The predicted octanol–water partition coefficient (Wildman–Crippen LogP) is 3.45. The topological polar surface area (TPSA) is 77.5 Å². The lowest BCUT2D eigenvalue weighted by molar-refractivity contribution is -0.139. The summed E-state index contributed by atoms with van der Waals surface area (Å²) in [5.41, 5.74) is 0.456. The summed E-state index contributed by atoms with van der Waals surface area (Å²) >= 11 is 0. The molecule has 0 radical (unpaired) electrons. The van der Waals surface area contributed by atoms with Crippen LogP contribution in [0.5, 0.6) is 0 Å². The molecule has 0 bridgehead atoms. The van der Waals surface area contributed by atoms with E-state index in [1.54, 1.807) is 19.1 Å². The predicted molar refractivity (Wildman–Crippen MR) is 106 cm³/mol. The molecule has 0 amide bonds. The van der Waals surface area contributed by atoms with E-state index in [1.165, 1.54) is 0 Å². The Hall–Kier alpha value is -1.27. The van der Waals surface area contributed by atoms with Gasteiger partial charge in [-0.2, -0.15) is 8.42 Å². The smallest absolute Gasteiger partial charge is 0.264 e. The highest BCUT2D eigenvalue weighted by Gasteiger charge is 2.64. The van der Waals surface area contributed by atoms with Gasteiger partial charge in [-0.25, -0.2) is 0 Å². The highest BCUT2D eigenvalue weighted by atomic mass is 32.2. The van der Waals surface area contributed by atoms with Crippen LogP contribution in [0.25, 0.3) is 0 Å². The Balaban J connectivity index is 1.79. The largest absolute Gasteiger partial charge is 0.300 e. The molecule has 4 rings (SSSR count). The highest BCUT2D eigenvalue weighted by molar-refractivity contribution is 7.86. The molecule has 0 aromatic rings. The van der Waals surface area contributed by atoms with E-state index in [0.717, 1.165) is 37.5 Å². The third-order valence-corrected chi connectivity index (χ3v) is 8.99. The molecule has 4 aliphatic carbocycles. The number of rotatable bonds is 3. The third-order valence-electron chi connectivity index (χ3n) is 8.41. The molecule has 0 aromatic carbocycles. The average Bonchev–Trinajstić information content (AvgIpc) is 2.94. The number of hydrogen-bond acceptors (Lipinski definition) is 5. The number of hydrogen-bond donors (Lipinski definition) is 0. The zero-order valence-electron chi connectivity index (χ0n) is 17.1. The molecule has 3 saturated carbocycles. The summed E-state index contributed by atoms with van der Waals surface area (Å²) < 4.78 is 29.9. The van der Waals surface area contributed by atoms with Crippen molar-refractivity contribution in [2.24, 2.45) is 34.5 Å². The standard InChI is InChI=1S/C22H30O5S/c1-13(23)17-7-8-18-16-6-5-14-11-15(24)9-10-21(14,2)19(16)12-20(22(17,18)3)27-28(4,25)26/h9-11,16-20H,5-8,12H2,1-4H3/t16-,17+,18-,19-,20?,21-,22+/m0/s1. The fourth-order valence-corrected chi connectivity index (χ4v) is 7.86. The van der Waals surface area contributed by atoms with Gasteiger partial charge in [-0.15, -0.1) is 0 Å². The van der Waals surface area contributed by atoms with Crippen LogP contribution in [0.3, 0.4) is 0 Å². The molecule has 7 atom stereocenters. The number of fused-ring (bicyclic) bond motifs is 5. The van der Waals surface area contributed by atoms with E-state index < -0.39 is 21.6 Å². The van der Waals surface area contributed by atoms with Gasteiger partial charge in [0.15, 0.2) is 5.78 Å². The number of Topliss-reactive ketones (excluding diaryl/α,β-unsaturated/α-hetero) is 1. The van der Waals surface area contributed by atoms with Crippen molar-refractivity contribution in [3.05, 3.63) is 23.8 Å². The number of allylic oxidation sites excluding steroid dienone is 4. The van der Waals surface area contributed by atoms with Gasteiger partial charge in [0, 0.05) is 16.7 Å². The van der Waals surface area contributed by atoms with Crippen LogP contribution in [0.15, 0.2) is 23.8 Å². The molecule has 6 heteroatoms. The second kappa shape index (κ2) is 6.36. The monoisotopic (exact) mass is 406 g/mol. The maximum absolute atomic E-state index is 12.4. The van der Waals surface area contributed by atoms with E-state index >= 15 is 0 Å². The average molecular weight is 407 g/mol. The minimum Gasteiger partial charge on any atom is -0.300 e. The number of ketones is 2. The Morgan fingerprint density at radius 2 is 1.89 bits per heavy atom. The van der Waals surface area contributed by atoms with Crippen molar-refractivity contribution in [1.29, 1.82) is 0 Å². The molecule has 4 aliphatic rings. The van der Waals surface area contributed by atoms with Crippen molar-refractivity contribution in [2.45, 2.75) is 59.0 Å². The minimum atomic E-state index is -3.64. The van der Waals surface area contributed by atoms with E-state index in [2.05, 4.69) is 13.8 Å². The first-order chi connectivity index (χ1) is 13.0. The van der Waals surface area contributed by atoms with Gasteiger partial charge < -0.3 is 0 Å². The molecule has 0 spiro atoms. The lowest BCUT2D eigenvalue weighted by Crippen LogP contribution is -2.57. The summed E-state index contributed by atoms with van der Waals surface area (Å²) in [7, 11) is -3.64. The second-order valence-corrected chi connectivity index (χ2v) is 11.3. The summed E-state index contributed by atoms with van der Waals surface area (Å²) in [6.45, 7) is 5.88. The molecule has 0 heterocycles. The van der Waals surface area contributed by atoms with E-state index in [9.17, 15) is 18.0 Å². The molecule has 0 saturated heterocycles. The van der Waals surface area contributed by atoms with E-state index in [1.807, 2.05) is 6.08 Å². The van der Waals surface area contributed by atoms with Crippen LogP contribution in [0, 0.1) is 34.5 Å². The molecule has 28 heavy (non-hydrogen) atoms. The molecular formula is C22H30O5S. The third kappa shape index (κ3) is 2.86. The highest BCUT2D eigenvalue weighted by Crippen LogP contribution is 2.66. The van der Waals surface area contributed by atoms with Crippen molar-refractivity contribution in [2.75, 3.05) is 6.26 Å². The van der Waals surface area contributed by atoms with Crippen LogP contribution in [-0.2, 0) is 23.9 Å². The lowest BCUT2D eigenvalue weighted by Gasteiger charge is -2.59. The molecule has 3 fully saturated rings. The Morgan fingerprint density at radius 1 is 1.18 bits per heavy atom. The fourth-order valence-electron chi connectivity index (χ4n) is 7.16. The van der Waals surface area contributed by atoms with Crippen LogP contribution in [-0.4, -0.2) is 32.3 Å². The molecule has 0 aromatic heterocycles. The van der Waals surface area contributed by atoms with Crippen LogP contribution in [0.1, 0.15) is 52.9 Å². The van der Waals surface area contributed by atoms with Crippen molar-refractivity contribution in [3.63, 3.8) is 0 Å². The molecule has 0 N–H and O–H groups in total. The summed E-state index contributed by atoms with van der Waals surface area (Å²) in [5.74, 6) is 0.903. The van der Waals surface area contributed by atoms with E-state index in [4.69, 9.17) is 4.18 Å². The Bertz CT molecular complexity index is 885. The SMILES string of the molecule is CC(=O)[C@H]1CC[C@H]2[C@@H]3CCC4=CC(=O)C=C[C@]4(C)[C@H]3CC(OS(C)(=O)=O)[C@]12C. The second-order valence-electron chi connectivity index (χ2n) is 9.73. The first kappa shape index (κ1) is 20.0. The van der Waals surface area contributed by atoms with Crippen LogP contribution in [0.4, 0.5) is 0 Å². The lowest BCUT2D eigenvalue weighted by atomic mass is 9.47. The molecule has 5 nitrogen and oxygen atoms in total. The van der Waals surface area contributed by atoms with Crippen LogP contribution in [0.2, 0.25) is 0 Å². The Morgan fingerprint density at radius 3 is 2.54 bits per heavy atom. The van der Waals surface area contributed by atoms with E-state index in [0.29, 0.717) is 12.3 Å². The first-order valence-electron chi connectivity index (χ1n) is 10.3. The summed E-state index contributed by atoms with van der Waals surface area (Å²) in [5, 5.41) is 0. The molecule has 154 valence electrons. The zero-order chi connectivity index (χ0) is 20.5. The molecular weight excluding hydrogens is 376 g/mol. The summed E-state index contributed by atoms with van der Waals surface area (Å²) in [6.07, 6.45) is 10.3. The van der Waals surface area contributed by atoms with Gasteiger partial charge >= 0.3 is 0 Å². The quantitative estimate of drug-likeness (QED) is 0.671. The Kier molecular flexibility index (Phi) is 4.55. The van der Waals surface area contributed by atoms with Gasteiger partial charge in [0.05, 0.1) is 12.4 Å². The van der Waals surface area contributed by atoms with Crippen molar-refractivity contribution < 1.29 is 22.2 Å². The maximum atomic E-state index is 12.4. The van der Waals surface area contributed by atoms with Gasteiger partial charge in [0.1, 0.15) is 5.78 Å². The van der Waals surface area contributed by atoms with E-state index in [-0.39, 0.29) is 34.7 Å². The van der Waals surface area contributed by atoms with Crippen molar-refractivity contribution >= 4 is 21.7 Å². The first-order valence-corrected chi connectivity index (χ1v) is 12.1. The van der Waals surface area contributed by atoms with Crippen molar-refractivity contribution in [3.8, 4) is 0 Å². The normalized spacial score (nSPS) is 45.1. The van der Waals surface area contributed by atoms with Gasteiger partial charge in [0.25, 0.3) is 10.1 Å². The number of carbonyl (C=O) groups is 2. The fraction of sp³-hybridized carbons (Fsp3) is 0.727. The van der Waals surface area contributed by atoms with Gasteiger partial charge in [-0.3, -0.25) is 13.8 Å². The molecule has 1 unspecified atom stereocenters. The van der Waals surface area contributed by atoms with Crippen LogP contribution < -0.4 is 0 Å².